The number of hydrogen-bond acceptors (Lipinski definition) is 4. The molecule has 0 saturated carbocycles. The Bertz CT molecular complexity index is 1640. The summed E-state index contributed by atoms with van der Waals surface area (Å²) in [5, 5.41) is 13.0. The summed E-state index contributed by atoms with van der Waals surface area (Å²) in [6.07, 6.45) is 4.58. The second kappa shape index (κ2) is 13.1. The van der Waals surface area contributed by atoms with Gasteiger partial charge < -0.3 is 20.1 Å². The molecule has 0 aliphatic rings. The van der Waals surface area contributed by atoms with Crippen molar-refractivity contribution in [2.45, 2.75) is 25.8 Å². The number of carboxylic acids is 1. The maximum atomic E-state index is 13.8. The number of halogens is 2. The summed E-state index contributed by atoms with van der Waals surface area (Å²) in [6, 6.07) is 15.6. The summed E-state index contributed by atoms with van der Waals surface area (Å²) in [6.45, 7) is 6.13. The zero-order valence-electron chi connectivity index (χ0n) is 22.6. The molecule has 7 nitrogen and oxygen atoms in total. The molecule has 1 aromatic heterocycles. The molecule has 3 N–H and O–H groups in total. The first-order valence-corrected chi connectivity index (χ1v) is 13.3. The number of fused-ring (bicyclic) bond motifs is 1. The number of ether oxygens (including phenoxy) is 1. The van der Waals surface area contributed by atoms with Gasteiger partial charge in [-0.1, -0.05) is 61.9 Å². The van der Waals surface area contributed by atoms with E-state index in [-0.39, 0.29) is 11.1 Å². The molecule has 3 aromatic carbocycles. The van der Waals surface area contributed by atoms with Crippen LogP contribution in [0.15, 0.2) is 84.9 Å². The maximum Gasteiger partial charge on any atom is 0.336 e. The molecule has 4 aromatic rings. The number of hydrogen-bond donors (Lipinski definition) is 3. The first kappa shape index (κ1) is 29.3. The SMILES string of the molecule is C=C(/C(=C\C=C/Cl)c1nc2ccccc2[nH]1)c1ccc(C(=O)NC(CCC)c2ccc(F)cc2OC)cc1C(=O)O. The van der Waals surface area contributed by atoms with Crippen molar-refractivity contribution in [2.75, 3.05) is 7.11 Å². The smallest absolute Gasteiger partial charge is 0.336 e. The first-order chi connectivity index (χ1) is 19.8. The van der Waals surface area contributed by atoms with Crippen molar-refractivity contribution in [2.24, 2.45) is 0 Å². The Hall–Kier alpha value is -4.69. The number of nitrogens with zero attached hydrogens (tertiary/aromatic N) is 1. The zero-order valence-corrected chi connectivity index (χ0v) is 23.3. The van der Waals surface area contributed by atoms with Crippen LogP contribution in [0.4, 0.5) is 4.39 Å². The van der Waals surface area contributed by atoms with E-state index < -0.39 is 23.7 Å². The van der Waals surface area contributed by atoms with Crippen molar-refractivity contribution in [3.05, 3.63) is 119 Å². The third-order valence-corrected chi connectivity index (χ3v) is 6.74. The van der Waals surface area contributed by atoms with Gasteiger partial charge in [-0.15, -0.1) is 0 Å². The standard InChI is InChI=1S/C32H29ClFN3O4/c1-4-8-26(24-15-13-21(34)18-29(24)41-3)37-31(38)20-12-14-22(25(17-20)32(39)40)19(2)23(9-7-16-33)30-35-27-10-5-6-11-28(27)36-30/h5-7,9-18,26H,2,4,8H2,1,3H3,(H,35,36)(H,37,38)(H,39,40)/b16-7-,23-9+. The molecule has 0 aliphatic carbocycles. The fourth-order valence-corrected chi connectivity index (χ4v) is 4.69. The van der Waals surface area contributed by atoms with Gasteiger partial charge >= 0.3 is 5.97 Å². The van der Waals surface area contributed by atoms with Gasteiger partial charge in [0.1, 0.15) is 17.4 Å². The van der Waals surface area contributed by atoms with Crippen LogP contribution in [0.2, 0.25) is 0 Å². The Balaban J connectivity index is 1.69. The molecule has 41 heavy (non-hydrogen) atoms. The van der Waals surface area contributed by atoms with E-state index in [2.05, 4.69) is 21.9 Å². The number of methoxy groups -OCH3 is 1. The van der Waals surface area contributed by atoms with E-state index in [4.69, 9.17) is 16.3 Å². The van der Waals surface area contributed by atoms with Crippen LogP contribution in [0.3, 0.4) is 0 Å². The van der Waals surface area contributed by atoms with Crippen LogP contribution in [0.25, 0.3) is 22.2 Å². The largest absolute Gasteiger partial charge is 0.496 e. The Kier molecular flexibility index (Phi) is 9.37. The van der Waals surface area contributed by atoms with Gasteiger partial charge in [0.15, 0.2) is 0 Å². The van der Waals surface area contributed by atoms with E-state index >= 15 is 0 Å². The molecule has 1 atom stereocenters. The van der Waals surface area contributed by atoms with Crippen LogP contribution in [-0.4, -0.2) is 34.1 Å². The van der Waals surface area contributed by atoms with Gasteiger partial charge in [0.2, 0.25) is 0 Å². The lowest BCUT2D eigenvalue weighted by Crippen LogP contribution is -2.29. The fourth-order valence-electron chi connectivity index (χ4n) is 4.61. The second-order valence-electron chi connectivity index (χ2n) is 9.25. The van der Waals surface area contributed by atoms with E-state index in [0.29, 0.717) is 40.3 Å². The highest BCUT2D eigenvalue weighted by atomic mass is 35.5. The Morgan fingerprint density at radius 1 is 1.17 bits per heavy atom. The number of H-pyrrole nitrogens is 1. The van der Waals surface area contributed by atoms with Gasteiger partial charge in [-0.3, -0.25) is 4.79 Å². The Labute approximate surface area is 242 Å². The van der Waals surface area contributed by atoms with Gasteiger partial charge in [0, 0.05) is 28.3 Å². The van der Waals surface area contributed by atoms with Crippen molar-refractivity contribution in [3.8, 4) is 5.75 Å². The van der Waals surface area contributed by atoms with E-state index in [1.54, 1.807) is 30.4 Å². The first-order valence-electron chi connectivity index (χ1n) is 12.9. The van der Waals surface area contributed by atoms with E-state index in [1.165, 1.54) is 30.8 Å². The molecule has 9 heteroatoms. The van der Waals surface area contributed by atoms with Gasteiger partial charge in [0.05, 0.1) is 29.7 Å². The predicted octanol–water partition coefficient (Wildman–Crippen LogP) is 7.53. The summed E-state index contributed by atoms with van der Waals surface area (Å²) < 4.78 is 19.1. The van der Waals surface area contributed by atoms with Crippen LogP contribution in [-0.2, 0) is 0 Å². The van der Waals surface area contributed by atoms with Gasteiger partial charge in [-0.2, -0.15) is 0 Å². The van der Waals surface area contributed by atoms with Crippen LogP contribution in [0.1, 0.15) is 63.5 Å². The molecule has 0 fully saturated rings. The number of carbonyl (C=O) groups excluding carboxylic acids is 1. The normalized spacial score (nSPS) is 12.4. The molecular formula is C32H29ClFN3O4. The van der Waals surface area contributed by atoms with Crippen molar-refractivity contribution in [3.63, 3.8) is 0 Å². The van der Waals surface area contributed by atoms with Crippen LogP contribution >= 0.6 is 11.6 Å². The van der Waals surface area contributed by atoms with E-state index in [1.807, 2.05) is 31.2 Å². The minimum absolute atomic E-state index is 0.106. The minimum Gasteiger partial charge on any atom is -0.496 e. The van der Waals surface area contributed by atoms with Gasteiger partial charge in [-0.05, 0) is 54.0 Å². The molecule has 0 radical (unpaired) electrons. The molecule has 4 rings (SSSR count). The topological polar surface area (TPSA) is 104 Å². The number of rotatable bonds is 11. The summed E-state index contributed by atoms with van der Waals surface area (Å²) >= 11 is 5.78. The summed E-state index contributed by atoms with van der Waals surface area (Å²) in [5.74, 6) is -1.35. The average molecular weight is 574 g/mol. The van der Waals surface area contributed by atoms with Crippen molar-refractivity contribution in [1.29, 1.82) is 0 Å². The van der Waals surface area contributed by atoms with E-state index in [9.17, 15) is 19.1 Å². The Morgan fingerprint density at radius 3 is 2.63 bits per heavy atom. The highest BCUT2D eigenvalue weighted by molar-refractivity contribution is 6.25. The lowest BCUT2D eigenvalue weighted by Gasteiger charge is -2.21. The highest BCUT2D eigenvalue weighted by Crippen LogP contribution is 2.33. The molecule has 0 spiro atoms. The van der Waals surface area contributed by atoms with E-state index in [0.717, 1.165) is 17.5 Å². The van der Waals surface area contributed by atoms with Crippen LogP contribution in [0, 0.1) is 5.82 Å². The number of nitrogens with one attached hydrogen (secondary N) is 2. The lowest BCUT2D eigenvalue weighted by molar-refractivity contribution is 0.0696. The zero-order chi connectivity index (χ0) is 29.5. The minimum atomic E-state index is -1.22. The number of carbonyl (C=O) groups is 2. The number of amides is 1. The molecule has 1 amide bonds. The number of imidazole rings is 1. The number of benzene rings is 3. The summed E-state index contributed by atoms with van der Waals surface area (Å²) in [5.41, 5.74) is 4.76. The summed E-state index contributed by atoms with van der Waals surface area (Å²) in [7, 11) is 1.44. The van der Waals surface area contributed by atoms with Crippen molar-refractivity contribution < 1.29 is 23.8 Å². The van der Waals surface area contributed by atoms with Gasteiger partial charge in [-0.25, -0.2) is 14.2 Å². The number of aromatic amines is 1. The number of aromatic carboxylic acids is 1. The third-order valence-electron chi connectivity index (χ3n) is 6.60. The monoisotopic (exact) mass is 573 g/mol. The lowest BCUT2D eigenvalue weighted by atomic mass is 9.92. The molecule has 210 valence electrons. The van der Waals surface area contributed by atoms with Crippen molar-refractivity contribution >= 4 is 45.7 Å². The number of carboxylic acid groups (broad SMARTS) is 1. The fraction of sp³-hybridized carbons (Fsp3) is 0.156. The molecule has 1 heterocycles. The second-order valence-corrected chi connectivity index (χ2v) is 9.50. The number of allylic oxidation sites excluding steroid dienone is 4. The quantitative estimate of drug-likeness (QED) is 0.161. The highest BCUT2D eigenvalue weighted by Gasteiger charge is 2.23. The van der Waals surface area contributed by atoms with Crippen LogP contribution in [0.5, 0.6) is 5.75 Å². The molecule has 0 saturated heterocycles. The number of aromatic nitrogens is 2. The molecule has 0 bridgehead atoms. The third kappa shape index (κ3) is 6.56. The van der Waals surface area contributed by atoms with Crippen molar-refractivity contribution in [1.82, 2.24) is 15.3 Å². The maximum absolute atomic E-state index is 13.8. The Morgan fingerprint density at radius 2 is 1.95 bits per heavy atom. The molecule has 0 aliphatic heterocycles. The molecule has 1 unspecified atom stereocenters. The average Bonchev–Trinajstić information content (AvgIpc) is 3.40. The summed E-state index contributed by atoms with van der Waals surface area (Å²) in [4.78, 5) is 33.6. The predicted molar refractivity (Wildman–Crippen MR) is 160 cm³/mol. The molecular weight excluding hydrogens is 545 g/mol. The van der Waals surface area contributed by atoms with Gasteiger partial charge in [0.25, 0.3) is 5.91 Å². The van der Waals surface area contributed by atoms with Crippen LogP contribution < -0.4 is 10.1 Å². The number of para-hydroxylation sites is 2.